The molecule has 4 nitrogen and oxygen atoms in total. The van der Waals surface area contributed by atoms with Crippen molar-refractivity contribution >= 4 is 52.3 Å². The number of carbonyl (C=O) groups excluding carboxylic acids is 2. The van der Waals surface area contributed by atoms with Gasteiger partial charge in [0.2, 0.25) is 5.91 Å². The minimum Gasteiger partial charge on any atom is -0.334 e. The fourth-order valence-electron chi connectivity index (χ4n) is 4.06. The van der Waals surface area contributed by atoms with Crippen LogP contribution in [0.25, 0.3) is 0 Å². The van der Waals surface area contributed by atoms with Crippen LogP contribution in [0.15, 0.2) is 48.5 Å². The summed E-state index contributed by atoms with van der Waals surface area (Å²) >= 11 is 18.4. The van der Waals surface area contributed by atoms with Crippen LogP contribution in [0.3, 0.4) is 0 Å². The maximum Gasteiger partial charge on any atom is 0.419 e. The minimum atomic E-state index is -4.88. The summed E-state index contributed by atoms with van der Waals surface area (Å²) < 4.78 is 53.3. The van der Waals surface area contributed by atoms with E-state index in [9.17, 15) is 27.2 Å². The molecule has 1 heterocycles. The Kier molecular flexibility index (Phi) is 7.50. The molecule has 0 bridgehead atoms. The number of fused-ring (bicyclic) bond motifs is 1. The molecule has 0 saturated carbocycles. The first-order valence-electron chi connectivity index (χ1n) is 10.6. The third-order valence-corrected chi connectivity index (χ3v) is 6.66. The van der Waals surface area contributed by atoms with Crippen molar-refractivity contribution in [3.63, 3.8) is 0 Å². The predicted molar refractivity (Wildman–Crippen MR) is 130 cm³/mol. The number of hydrogen-bond donors (Lipinski definition) is 1. The maximum absolute atomic E-state index is 14.3. The summed E-state index contributed by atoms with van der Waals surface area (Å²) in [6.45, 7) is 0.520. The number of anilines is 1. The Labute approximate surface area is 218 Å². The van der Waals surface area contributed by atoms with E-state index in [2.05, 4.69) is 5.32 Å². The molecule has 2 amide bonds. The second-order valence-corrected chi connectivity index (χ2v) is 9.41. The van der Waals surface area contributed by atoms with E-state index in [-0.39, 0.29) is 33.7 Å². The number of amides is 2. The van der Waals surface area contributed by atoms with Crippen LogP contribution >= 0.6 is 34.8 Å². The second-order valence-electron chi connectivity index (χ2n) is 8.16. The summed E-state index contributed by atoms with van der Waals surface area (Å²) in [7, 11) is 0. The molecule has 1 aliphatic rings. The predicted octanol–water partition coefficient (Wildman–Crippen LogP) is 7.18. The number of carbonyl (C=O) groups is 2. The van der Waals surface area contributed by atoms with Crippen LogP contribution in [-0.4, -0.2) is 23.3 Å². The minimum absolute atomic E-state index is 0.215. The highest BCUT2D eigenvalue weighted by molar-refractivity contribution is 6.36. The number of halogens is 7. The van der Waals surface area contributed by atoms with Gasteiger partial charge in [-0.05, 0) is 53.4 Å². The van der Waals surface area contributed by atoms with E-state index in [4.69, 9.17) is 34.8 Å². The summed E-state index contributed by atoms with van der Waals surface area (Å²) in [4.78, 5) is 27.2. The number of hydrogen-bond acceptors (Lipinski definition) is 2. The molecule has 0 atom stereocenters. The van der Waals surface area contributed by atoms with Crippen LogP contribution in [0.5, 0.6) is 0 Å². The van der Waals surface area contributed by atoms with Crippen molar-refractivity contribution in [3.8, 4) is 0 Å². The van der Waals surface area contributed by atoms with Crippen LogP contribution < -0.4 is 5.32 Å². The van der Waals surface area contributed by atoms with Crippen LogP contribution in [0.1, 0.15) is 32.6 Å². The van der Waals surface area contributed by atoms with Crippen molar-refractivity contribution in [2.45, 2.75) is 25.6 Å². The monoisotopic (exact) mass is 558 g/mol. The molecular formula is C25H17Cl3F4N2O2. The van der Waals surface area contributed by atoms with Gasteiger partial charge in [0.25, 0.3) is 5.91 Å². The van der Waals surface area contributed by atoms with Crippen molar-refractivity contribution < 1.29 is 27.2 Å². The van der Waals surface area contributed by atoms with E-state index < -0.39 is 29.9 Å². The Bertz CT molecular complexity index is 1360. The molecule has 0 saturated heterocycles. The Morgan fingerprint density at radius 3 is 2.44 bits per heavy atom. The van der Waals surface area contributed by atoms with E-state index in [1.165, 1.54) is 6.07 Å². The molecule has 3 aromatic rings. The zero-order valence-corrected chi connectivity index (χ0v) is 20.6. The molecule has 188 valence electrons. The summed E-state index contributed by atoms with van der Waals surface area (Å²) in [5.41, 5.74) is 0.169. The summed E-state index contributed by atoms with van der Waals surface area (Å²) in [5.74, 6) is -2.51. The first kappa shape index (κ1) is 26.3. The molecule has 0 aromatic heterocycles. The Balaban J connectivity index is 1.53. The molecule has 1 aliphatic heterocycles. The average molecular weight is 560 g/mol. The van der Waals surface area contributed by atoms with E-state index in [0.717, 1.165) is 17.7 Å². The van der Waals surface area contributed by atoms with Gasteiger partial charge in [0, 0.05) is 18.1 Å². The highest BCUT2D eigenvalue weighted by Gasteiger charge is 2.35. The zero-order valence-electron chi connectivity index (χ0n) is 18.4. The largest absolute Gasteiger partial charge is 0.419 e. The number of nitrogens with one attached hydrogen (secondary N) is 1. The van der Waals surface area contributed by atoms with Gasteiger partial charge in [0.05, 0.1) is 33.3 Å². The van der Waals surface area contributed by atoms with Gasteiger partial charge in [0.1, 0.15) is 5.82 Å². The second kappa shape index (κ2) is 10.3. The maximum atomic E-state index is 14.3. The number of rotatable bonds is 4. The van der Waals surface area contributed by atoms with Gasteiger partial charge in [-0.25, -0.2) is 4.39 Å². The smallest absolute Gasteiger partial charge is 0.334 e. The Hall–Kier alpha value is -2.81. The topological polar surface area (TPSA) is 49.4 Å². The van der Waals surface area contributed by atoms with Crippen molar-refractivity contribution in [2.24, 2.45) is 0 Å². The molecule has 4 rings (SSSR count). The average Bonchev–Trinajstić information content (AvgIpc) is 2.81. The molecule has 1 N–H and O–H groups in total. The SMILES string of the molecule is O=C(Cc1cccc(C(F)(F)F)c1F)Nc1c(Cl)ccc2c1CCN(C(=O)c1ccc(Cl)cc1Cl)C2. The normalized spacial score (nSPS) is 13.4. The van der Waals surface area contributed by atoms with Gasteiger partial charge in [-0.1, -0.05) is 53.0 Å². The summed E-state index contributed by atoms with van der Waals surface area (Å²) in [6, 6.07) is 10.7. The summed E-state index contributed by atoms with van der Waals surface area (Å²) in [5, 5.41) is 3.45. The van der Waals surface area contributed by atoms with Crippen molar-refractivity contribution in [3.05, 3.63) is 97.2 Å². The zero-order chi connectivity index (χ0) is 26.2. The fraction of sp³-hybridized carbons (Fsp3) is 0.200. The van der Waals surface area contributed by atoms with Crippen molar-refractivity contribution in [1.82, 2.24) is 4.90 Å². The van der Waals surface area contributed by atoms with E-state index >= 15 is 0 Å². The van der Waals surface area contributed by atoms with E-state index in [1.54, 1.807) is 29.2 Å². The van der Waals surface area contributed by atoms with Crippen molar-refractivity contribution in [2.75, 3.05) is 11.9 Å². The number of nitrogens with zero attached hydrogens (tertiary/aromatic N) is 1. The van der Waals surface area contributed by atoms with Crippen LogP contribution in [-0.2, 0) is 30.4 Å². The van der Waals surface area contributed by atoms with Gasteiger partial charge in [-0.2, -0.15) is 13.2 Å². The van der Waals surface area contributed by atoms with E-state index in [0.29, 0.717) is 35.2 Å². The van der Waals surface area contributed by atoms with Crippen LogP contribution in [0.2, 0.25) is 15.1 Å². The highest BCUT2D eigenvalue weighted by Crippen LogP contribution is 2.35. The Morgan fingerprint density at radius 2 is 1.75 bits per heavy atom. The molecular weight excluding hydrogens is 543 g/mol. The molecule has 11 heteroatoms. The van der Waals surface area contributed by atoms with Crippen molar-refractivity contribution in [1.29, 1.82) is 0 Å². The van der Waals surface area contributed by atoms with Crippen LogP contribution in [0.4, 0.5) is 23.2 Å². The van der Waals surface area contributed by atoms with Crippen LogP contribution in [0, 0.1) is 5.82 Å². The quantitative estimate of drug-likeness (QED) is 0.344. The standard InChI is InChI=1S/C25H17Cl3F4N2O2/c26-15-5-6-17(20(28)11-15)24(36)34-9-8-16-14(12-34)4-7-19(27)23(16)33-21(35)10-13-2-1-3-18(22(13)29)25(30,31)32/h1-7,11H,8-10,12H2,(H,33,35). The lowest BCUT2D eigenvalue weighted by atomic mass is 9.96. The molecule has 0 spiro atoms. The van der Waals surface area contributed by atoms with E-state index in [1.807, 2.05) is 0 Å². The lowest BCUT2D eigenvalue weighted by Gasteiger charge is -2.31. The third kappa shape index (κ3) is 5.45. The fourth-order valence-corrected chi connectivity index (χ4v) is 4.77. The first-order valence-corrected chi connectivity index (χ1v) is 11.8. The lowest BCUT2D eigenvalue weighted by Crippen LogP contribution is -2.36. The lowest BCUT2D eigenvalue weighted by molar-refractivity contribution is -0.140. The molecule has 0 fully saturated rings. The van der Waals surface area contributed by atoms with Gasteiger partial charge in [0.15, 0.2) is 0 Å². The molecule has 36 heavy (non-hydrogen) atoms. The molecule has 0 radical (unpaired) electrons. The summed E-state index contributed by atoms with van der Waals surface area (Å²) in [6.07, 6.45) is -5.15. The number of alkyl halides is 3. The molecule has 0 aliphatic carbocycles. The van der Waals surface area contributed by atoms with Gasteiger partial charge >= 0.3 is 6.18 Å². The molecule has 0 unspecified atom stereocenters. The Morgan fingerprint density at radius 1 is 1.00 bits per heavy atom. The highest BCUT2D eigenvalue weighted by atomic mass is 35.5. The first-order chi connectivity index (χ1) is 17.0. The molecule has 3 aromatic carbocycles. The number of benzene rings is 3. The third-order valence-electron chi connectivity index (χ3n) is 5.80. The van der Waals surface area contributed by atoms with Gasteiger partial charge in [-0.3, -0.25) is 9.59 Å². The van der Waals surface area contributed by atoms with Gasteiger partial charge < -0.3 is 10.2 Å². The van der Waals surface area contributed by atoms with Gasteiger partial charge in [-0.15, -0.1) is 0 Å².